The highest BCUT2D eigenvalue weighted by Crippen LogP contribution is 2.13. The SMILES string of the molecule is CCCCNC(=O)c1nc(C(=O)NCCc2ccccc2F)n2ccccc12. The van der Waals surface area contributed by atoms with E-state index >= 15 is 0 Å². The van der Waals surface area contributed by atoms with Gasteiger partial charge in [-0.1, -0.05) is 37.6 Å². The van der Waals surface area contributed by atoms with E-state index in [4.69, 9.17) is 0 Å². The van der Waals surface area contributed by atoms with Crippen LogP contribution in [0.2, 0.25) is 0 Å². The average molecular weight is 382 g/mol. The number of hydrogen-bond donors (Lipinski definition) is 2. The van der Waals surface area contributed by atoms with Crippen LogP contribution in [0, 0.1) is 5.82 Å². The zero-order chi connectivity index (χ0) is 19.9. The van der Waals surface area contributed by atoms with Gasteiger partial charge in [0.1, 0.15) is 5.82 Å². The van der Waals surface area contributed by atoms with Crippen molar-refractivity contribution >= 4 is 17.3 Å². The van der Waals surface area contributed by atoms with Crippen molar-refractivity contribution in [1.82, 2.24) is 20.0 Å². The van der Waals surface area contributed by atoms with E-state index in [0.717, 1.165) is 12.8 Å². The van der Waals surface area contributed by atoms with Crippen LogP contribution in [0.3, 0.4) is 0 Å². The van der Waals surface area contributed by atoms with Crippen LogP contribution in [0.5, 0.6) is 0 Å². The van der Waals surface area contributed by atoms with Crippen LogP contribution in [0.15, 0.2) is 48.7 Å². The summed E-state index contributed by atoms with van der Waals surface area (Å²) in [6.07, 6.45) is 3.91. The van der Waals surface area contributed by atoms with E-state index < -0.39 is 5.91 Å². The third-order valence-electron chi connectivity index (χ3n) is 4.42. The van der Waals surface area contributed by atoms with Crippen LogP contribution < -0.4 is 10.6 Å². The maximum atomic E-state index is 13.7. The number of aromatic nitrogens is 2. The highest BCUT2D eigenvalue weighted by molar-refractivity contribution is 6.02. The largest absolute Gasteiger partial charge is 0.351 e. The molecule has 1 aromatic carbocycles. The average Bonchev–Trinajstić information content (AvgIpc) is 3.09. The molecule has 0 atom stereocenters. The van der Waals surface area contributed by atoms with Crippen LogP contribution >= 0.6 is 0 Å². The fraction of sp³-hybridized carbons (Fsp3) is 0.286. The third kappa shape index (κ3) is 4.36. The second-order valence-corrected chi connectivity index (χ2v) is 6.45. The van der Waals surface area contributed by atoms with Crippen LogP contribution in [0.4, 0.5) is 4.39 Å². The van der Waals surface area contributed by atoms with Gasteiger partial charge in [-0.15, -0.1) is 0 Å². The normalized spacial score (nSPS) is 10.8. The van der Waals surface area contributed by atoms with Crippen LogP contribution in [-0.2, 0) is 6.42 Å². The standard InChI is InChI=1S/C21H23FN4O2/c1-2-3-12-23-20(27)18-17-10-6-7-14-26(17)19(25-18)21(28)24-13-11-15-8-4-5-9-16(15)22/h4-10,14H,2-3,11-13H2,1H3,(H,23,27)(H,24,28). The fourth-order valence-electron chi connectivity index (χ4n) is 2.92. The van der Waals surface area contributed by atoms with Gasteiger partial charge in [0.05, 0.1) is 5.52 Å². The van der Waals surface area contributed by atoms with Crippen molar-refractivity contribution in [2.45, 2.75) is 26.2 Å². The first-order valence-electron chi connectivity index (χ1n) is 9.38. The number of nitrogens with one attached hydrogen (secondary N) is 2. The number of halogens is 1. The molecule has 3 rings (SSSR count). The summed E-state index contributed by atoms with van der Waals surface area (Å²) in [7, 11) is 0. The molecular weight excluding hydrogens is 359 g/mol. The van der Waals surface area contributed by atoms with Gasteiger partial charge >= 0.3 is 0 Å². The Hall–Kier alpha value is -3.22. The van der Waals surface area contributed by atoms with Gasteiger partial charge in [0.25, 0.3) is 11.8 Å². The summed E-state index contributed by atoms with van der Waals surface area (Å²) in [6, 6.07) is 11.8. The Morgan fingerprint density at radius 3 is 2.57 bits per heavy atom. The van der Waals surface area contributed by atoms with Gasteiger partial charge in [0, 0.05) is 19.3 Å². The number of unbranched alkanes of at least 4 members (excludes halogenated alkanes) is 1. The van der Waals surface area contributed by atoms with Gasteiger partial charge in [-0.25, -0.2) is 9.37 Å². The Kier molecular flexibility index (Phi) is 6.37. The van der Waals surface area contributed by atoms with Crippen molar-refractivity contribution in [2.24, 2.45) is 0 Å². The molecule has 0 fully saturated rings. The zero-order valence-electron chi connectivity index (χ0n) is 15.7. The van der Waals surface area contributed by atoms with Gasteiger partial charge in [-0.3, -0.25) is 14.0 Å². The Bertz CT molecular complexity index is 983. The van der Waals surface area contributed by atoms with Crippen LogP contribution in [0.1, 0.15) is 46.4 Å². The Balaban J connectivity index is 1.74. The number of benzene rings is 1. The molecule has 2 N–H and O–H groups in total. The summed E-state index contributed by atoms with van der Waals surface area (Å²) in [5, 5.41) is 5.58. The minimum absolute atomic E-state index is 0.129. The van der Waals surface area contributed by atoms with E-state index in [1.165, 1.54) is 6.07 Å². The number of carbonyl (C=O) groups excluding carboxylic acids is 2. The van der Waals surface area contributed by atoms with E-state index in [1.807, 2.05) is 6.92 Å². The lowest BCUT2D eigenvalue weighted by Crippen LogP contribution is -2.28. The van der Waals surface area contributed by atoms with E-state index in [9.17, 15) is 14.0 Å². The summed E-state index contributed by atoms with van der Waals surface area (Å²) < 4.78 is 15.3. The molecule has 2 amide bonds. The molecule has 6 nitrogen and oxygen atoms in total. The number of pyridine rings is 1. The molecule has 0 aliphatic heterocycles. The smallest absolute Gasteiger partial charge is 0.287 e. The summed E-state index contributed by atoms with van der Waals surface area (Å²) >= 11 is 0. The van der Waals surface area contributed by atoms with Gasteiger partial charge in [0.2, 0.25) is 5.82 Å². The van der Waals surface area contributed by atoms with Crippen molar-refractivity contribution in [3.8, 4) is 0 Å². The van der Waals surface area contributed by atoms with Crippen molar-refractivity contribution in [3.05, 3.63) is 71.6 Å². The summed E-state index contributed by atoms with van der Waals surface area (Å²) in [4.78, 5) is 29.3. The third-order valence-corrected chi connectivity index (χ3v) is 4.42. The molecule has 28 heavy (non-hydrogen) atoms. The highest BCUT2D eigenvalue weighted by atomic mass is 19.1. The second-order valence-electron chi connectivity index (χ2n) is 6.45. The Morgan fingerprint density at radius 1 is 1.04 bits per heavy atom. The molecule has 0 spiro atoms. The van der Waals surface area contributed by atoms with Crippen LogP contribution in [0.25, 0.3) is 5.52 Å². The molecule has 0 bridgehead atoms. The van der Waals surface area contributed by atoms with Crippen molar-refractivity contribution in [2.75, 3.05) is 13.1 Å². The van der Waals surface area contributed by atoms with Crippen molar-refractivity contribution in [1.29, 1.82) is 0 Å². The molecule has 2 heterocycles. The number of imidazole rings is 1. The minimum atomic E-state index is -0.412. The highest BCUT2D eigenvalue weighted by Gasteiger charge is 2.21. The molecule has 0 saturated heterocycles. The Morgan fingerprint density at radius 2 is 1.79 bits per heavy atom. The fourth-order valence-corrected chi connectivity index (χ4v) is 2.92. The first-order valence-corrected chi connectivity index (χ1v) is 9.38. The van der Waals surface area contributed by atoms with Crippen molar-refractivity contribution < 1.29 is 14.0 Å². The topological polar surface area (TPSA) is 75.5 Å². The van der Waals surface area contributed by atoms with Gasteiger partial charge in [-0.2, -0.15) is 0 Å². The maximum absolute atomic E-state index is 13.7. The number of rotatable bonds is 8. The molecule has 146 valence electrons. The number of fused-ring (bicyclic) bond motifs is 1. The lowest BCUT2D eigenvalue weighted by Gasteiger charge is -2.05. The first kappa shape index (κ1) is 19.5. The molecule has 0 aliphatic rings. The monoisotopic (exact) mass is 382 g/mol. The van der Waals surface area contributed by atoms with E-state index in [0.29, 0.717) is 24.0 Å². The molecule has 2 aromatic heterocycles. The molecule has 0 radical (unpaired) electrons. The van der Waals surface area contributed by atoms with E-state index in [2.05, 4.69) is 15.6 Å². The maximum Gasteiger partial charge on any atom is 0.287 e. The van der Waals surface area contributed by atoms with Crippen molar-refractivity contribution in [3.63, 3.8) is 0 Å². The summed E-state index contributed by atoms with van der Waals surface area (Å²) in [5.74, 6) is -0.883. The summed E-state index contributed by atoms with van der Waals surface area (Å²) in [6.45, 7) is 2.87. The quantitative estimate of drug-likeness (QED) is 0.588. The predicted molar refractivity (Wildman–Crippen MR) is 105 cm³/mol. The van der Waals surface area contributed by atoms with Gasteiger partial charge in [0.15, 0.2) is 5.69 Å². The molecule has 0 unspecified atom stereocenters. The Labute approximate surface area is 162 Å². The second kappa shape index (κ2) is 9.12. The molecule has 0 aliphatic carbocycles. The zero-order valence-corrected chi connectivity index (χ0v) is 15.7. The predicted octanol–water partition coefficient (Wildman–Crippen LogP) is 2.98. The molecule has 3 aromatic rings. The van der Waals surface area contributed by atoms with Gasteiger partial charge in [-0.05, 0) is 36.6 Å². The number of nitrogens with zero attached hydrogens (tertiary/aromatic N) is 2. The first-order chi connectivity index (χ1) is 13.6. The number of amides is 2. The molecule has 0 saturated carbocycles. The lowest BCUT2D eigenvalue weighted by molar-refractivity contribution is 0.0943. The van der Waals surface area contributed by atoms with Crippen LogP contribution in [-0.4, -0.2) is 34.3 Å². The van der Waals surface area contributed by atoms with Gasteiger partial charge < -0.3 is 10.6 Å². The van der Waals surface area contributed by atoms with E-state index in [1.54, 1.807) is 47.0 Å². The summed E-state index contributed by atoms with van der Waals surface area (Å²) in [5.41, 5.74) is 1.32. The number of carbonyl (C=O) groups is 2. The van der Waals surface area contributed by atoms with E-state index in [-0.39, 0.29) is 29.8 Å². The lowest BCUT2D eigenvalue weighted by atomic mass is 10.1. The molecule has 7 heteroatoms. The minimum Gasteiger partial charge on any atom is -0.351 e. The number of hydrogen-bond acceptors (Lipinski definition) is 3. The molecular formula is C21H23FN4O2.